The van der Waals surface area contributed by atoms with E-state index in [4.69, 9.17) is 9.88 Å². The molecule has 1 atom stereocenters. The molecule has 0 saturated carbocycles. The van der Waals surface area contributed by atoms with E-state index in [1.54, 1.807) is 0 Å². The van der Waals surface area contributed by atoms with Gasteiger partial charge in [-0.25, -0.2) is 22.0 Å². The monoisotopic (exact) mass is 356 g/mol. The highest BCUT2D eigenvalue weighted by Crippen LogP contribution is 2.39. The molecule has 0 unspecified atom stereocenters. The van der Waals surface area contributed by atoms with E-state index in [1.807, 2.05) is 0 Å². The van der Waals surface area contributed by atoms with Crippen LogP contribution in [0.2, 0.25) is 0 Å². The highest BCUT2D eigenvalue weighted by Gasteiger charge is 2.39. The molecular formula is C10H16N2O6S3. The minimum absolute atomic E-state index is 0.0898. The molecule has 1 aromatic heterocycles. The summed E-state index contributed by atoms with van der Waals surface area (Å²) in [4.78, 5) is 0. The van der Waals surface area contributed by atoms with Crippen LogP contribution in [0.4, 0.5) is 0 Å². The number of ether oxygens (including phenoxy) is 1. The van der Waals surface area contributed by atoms with Crippen molar-refractivity contribution in [1.29, 1.82) is 0 Å². The molecule has 0 radical (unpaired) electrons. The second kappa shape index (κ2) is 5.91. The Morgan fingerprint density at radius 2 is 2.24 bits per heavy atom. The molecule has 1 aromatic rings. The lowest BCUT2D eigenvalue weighted by Gasteiger charge is -2.29. The highest BCUT2D eigenvalue weighted by molar-refractivity contribution is 7.94. The lowest BCUT2D eigenvalue weighted by Crippen LogP contribution is -2.39. The number of rotatable bonds is 5. The molecule has 3 N–H and O–H groups in total. The highest BCUT2D eigenvalue weighted by atomic mass is 32.3. The lowest BCUT2D eigenvalue weighted by atomic mass is 10.2. The van der Waals surface area contributed by atoms with E-state index in [0.717, 1.165) is 10.4 Å². The second-order valence-electron chi connectivity index (χ2n) is 4.58. The molecule has 2 rings (SSSR count). The molecule has 2 heterocycles. The first-order chi connectivity index (χ1) is 9.67. The molecular weight excluding hydrogens is 340 g/mol. The Balaban J connectivity index is 2.40. The average molecular weight is 356 g/mol. The van der Waals surface area contributed by atoms with E-state index in [2.05, 4.69) is 0 Å². The molecule has 8 nitrogen and oxygen atoms in total. The van der Waals surface area contributed by atoms with Gasteiger partial charge in [-0.3, -0.25) is 0 Å². The number of sulfonamides is 2. The predicted octanol–water partition coefficient (Wildman–Crippen LogP) is -0.530. The molecule has 0 aromatic carbocycles. The van der Waals surface area contributed by atoms with Crippen LogP contribution in [0.15, 0.2) is 14.5 Å². The maximum atomic E-state index is 12.4. The van der Waals surface area contributed by atoms with E-state index < -0.39 is 26.2 Å². The number of hydrogen-bond donors (Lipinski definition) is 2. The molecule has 0 bridgehead atoms. The van der Waals surface area contributed by atoms with Gasteiger partial charge < -0.3 is 9.84 Å². The summed E-state index contributed by atoms with van der Waals surface area (Å²) >= 11 is 0.562. The number of aliphatic hydroxyl groups excluding tert-OH is 1. The second-order valence-corrected chi connectivity index (χ2v) is 9.55. The van der Waals surface area contributed by atoms with Crippen LogP contribution in [0, 0.1) is 0 Å². The van der Waals surface area contributed by atoms with Gasteiger partial charge in [0.25, 0.3) is 10.0 Å². The van der Waals surface area contributed by atoms with Crippen LogP contribution in [-0.4, -0.2) is 53.1 Å². The zero-order valence-electron chi connectivity index (χ0n) is 11.2. The average Bonchev–Trinajstić information content (AvgIpc) is 2.82. The first-order valence-corrected chi connectivity index (χ1v) is 9.82. The predicted molar refractivity (Wildman–Crippen MR) is 75.9 cm³/mol. The van der Waals surface area contributed by atoms with E-state index in [0.29, 0.717) is 24.4 Å². The SMILES string of the molecule is COCCCN1C[C@H](O)c2cc(S(N)(=O)=O)sc2S1(=O)=O. The van der Waals surface area contributed by atoms with Crippen molar-refractivity contribution in [3.63, 3.8) is 0 Å². The summed E-state index contributed by atoms with van der Waals surface area (Å²) in [6.07, 6.45) is -0.594. The Bertz CT molecular complexity index is 724. The number of fused-ring (bicyclic) bond motifs is 1. The Hall–Kier alpha value is -0.560. The van der Waals surface area contributed by atoms with Crippen molar-refractivity contribution in [3.8, 4) is 0 Å². The van der Waals surface area contributed by atoms with Crippen LogP contribution in [0.5, 0.6) is 0 Å². The summed E-state index contributed by atoms with van der Waals surface area (Å²) < 4.78 is 53.1. The number of primary sulfonamides is 1. The Morgan fingerprint density at radius 1 is 1.57 bits per heavy atom. The fourth-order valence-electron chi connectivity index (χ4n) is 2.04. The molecule has 0 spiro atoms. The van der Waals surface area contributed by atoms with Gasteiger partial charge in [0, 0.05) is 32.4 Å². The molecule has 0 saturated heterocycles. The normalized spacial score (nSPS) is 22.1. The smallest absolute Gasteiger partial charge is 0.253 e. The van der Waals surface area contributed by atoms with Crippen molar-refractivity contribution < 1.29 is 26.7 Å². The van der Waals surface area contributed by atoms with Gasteiger partial charge in [0.05, 0.1) is 6.10 Å². The van der Waals surface area contributed by atoms with E-state index in [9.17, 15) is 21.9 Å². The molecule has 120 valence electrons. The number of hydrogen-bond acceptors (Lipinski definition) is 7. The fraction of sp³-hybridized carbons (Fsp3) is 0.600. The zero-order chi connectivity index (χ0) is 15.8. The van der Waals surface area contributed by atoms with E-state index >= 15 is 0 Å². The largest absolute Gasteiger partial charge is 0.387 e. The van der Waals surface area contributed by atoms with Crippen molar-refractivity contribution in [1.82, 2.24) is 4.31 Å². The van der Waals surface area contributed by atoms with Gasteiger partial charge in [-0.15, -0.1) is 11.3 Å². The van der Waals surface area contributed by atoms with Crippen LogP contribution in [-0.2, 0) is 24.8 Å². The van der Waals surface area contributed by atoms with Crippen molar-refractivity contribution in [2.45, 2.75) is 20.9 Å². The van der Waals surface area contributed by atoms with Gasteiger partial charge in [0.2, 0.25) is 10.0 Å². The number of nitrogens with two attached hydrogens (primary N) is 1. The van der Waals surface area contributed by atoms with Gasteiger partial charge in [-0.2, -0.15) is 4.31 Å². The Labute approximate surface area is 127 Å². The van der Waals surface area contributed by atoms with Crippen molar-refractivity contribution >= 4 is 31.4 Å². The van der Waals surface area contributed by atoms with E-state index in [1.165, 1.54) is 7.11 Å². The van der Waals surface area contributed by atoms with Crippen LogP contribution >= 0.6 is 11.3 Å². The Morgan fingerprint density at radius 3 is 2.81 bits per heavy atom. The Kier molecular flexibility index (Phi) is 4.73. The number of β-amino-alcohol motifs (C(OH)–C–C–N with tert-alkyl or cyclic N) is 1. The molecule has 11 heteroatoms. The first kappa shape index (κ1) is 16.8. The summed E-state index contributed by atoms with van der Waals surface area (Å²) in [5.74, 6) is 0. The quantitative estimate of drug-likeness (QED) is 0.683. The topological polar surface area (TPSA) is 127 Å². The van der Waals surface area contributed by atoms with Gasteiger partial charge >= 0.3 is 0 Å². The van der Waals surface area contributed by atoms with Gasteiger partial charge in [-0.05, 0) is 12.5 Å². The third-order valence-electron chi connectivity index (χ3n) is 3.05. The van der Waals surface area contributed by atoms with Crippen LogP contribution in [0.1, 0.15) is 18.1 Å². The summed E-state index contributed by atoms with van der Waals surface area (Å²) in [6, 6.07) is 1.13. The zero-order valence-corrected chi connectivity index (χ0v) is 13.7. The van der Waals surface area contributed by atoms with Gasteiger partial charge in [0.1, 0.15) is 8.42 Å². The minimum atomic E-state index is -4.00. The van der Waals surface area contributed by atoms with Crippen LogP contribution < -0.4 is 5.14 Å². The molecule has 0 amide bonds. The molecule has 1 aliphatic heterocycles. The molecule has 21 heavy (non-hydrogen) atoms. The standard InChI is InChI=1S/C10H16N2O6S3/c1-18-4-2-3-12-6-8(13)7-5-9(20(11,14)15)19-10(7)21(12,16)17/h5,8,13H,2-4,6H2,1H3,(H2,11,14,15)/t8-/m0/s1. The van der Waals surface area contributed by atoms with Crippen LogP contribution in [0.3, 0.4) is 0 Å². The van der Waals surface area contributed by atoms with Gasteiger partial charge in [-0.1, -0.05) is 0 Å². The first-order valence-electron chi connectivity index (χ1n) is 6.01. The van der Waals surface area contributed by atoms with Gasteiger partial charge in [0.15, 0.2) is 0 Å². The minimum Gasteiger partial charge on any atom is -0.387 e. The third-order valence-corrected chi connectivity index (χ3v) is 8.01. The number of nitrogens with zero attached hydrogens (tertiary/aromatic N) is 1. The molecule has 0 fully saturated rings. The summed E-state index contributed by atoms with van der Waals surface area (Å²) in [6.45, 7) is 0.469. The van der Waals surface area contributed by atoms with Crippen molar-refractivity contribution in [2.24, 2.45) is 5.14 Å². The van der Waals surface area contributed by atoms with Crippen molar-refractivity contribution in [2.75, 3.05) is 26.8 Å². The molecule has 1 aliphatic rings. The maximum Gasteiger partial charge on any atom is 0.253 e. The summed E-state index contributed by atoms with van der Waals surface area (Å²) in [5, 5.41) is 15.0. The summed E-state index contributed by atoms with van der Waals surface area (Å²) in [5.41, 5.74) is 0.0898. The van der Waals surface area contributed by atoms with Crippen LogP contribution in [0.25, 0.3) is 0 Å². The third kappa shape index (κ3) is 3.28. The van der Waals surface area contributed by atoms with Crippen molar-refractivity contribution in [3.05, 3.63) is 11.6 Å². The number of thiophene rings is 1. The number of methoxy groups -OCH3 is 1. The van der Waals surface area contributed by atoms with E-state index in [-0.39, 0.29) is 27.1 Å². The fourth-order valence-corrected chi connectivity index (χ4v) is 6.33. The lowest BCUT2D eigenvalue weighted by molar-refractivity contribution is 0.131. The molecule has 0 aliphatic carbocycles. The maximum absolute atomic E-state index is 12.4. The summed E-state index contributed by atoms with van der Waals surface area (Å²) in [7, 11) is -6.31. The number of aliphatic hydroxyl groups is 1.